The molecule has 0 saturated heterocycles. The van der Waals surface area contributed by atoms with Crippen LogP contribution in [0.25, 0.3) is 5.57 Å². The van der Waals surface area contributed by atoms with Crippen molar-refractivity contribution in [1.82, 2.24) is 0 Å². The van der Waals surface area contributed by atoms with Gasteiger partial charge in [0.1, 0.15) is 0 Å². The first-order chi connectivity index (χ1) is 15.2. The first-order valence-electron chi connectivity index (χ1n) is 10.4. The van der Waals surface area contributed by atoms with Crippen molar-refractivity contribution in [3.05, 3.63) is 116 Å². The molecule has 0 aliphatic heterocycles. The standard InChI is InChI=1S/C27H22Cl2N2O/c1-14-11-16(3-8-22(14)28)27(17-4-9-23(29)15(2)12-17)21-13-18(30)5-6-19(21)20-7-10-24(31)26(32)25(20)27/h3-13,24H,30-31H2,1-2H3. The molecule has 32 heavy (non-hydrogen) atoms. The van der Waals surface area contributed by atoms with E-state index in [4.69, 9.17) is 34.7 Å². The number of carbonyl (C=O) groups is 1. The molecule has 3 aromatic rings. The highest BCUT2D eigenvalue weighted by Crippen LogP contribution is 2.57. The summed E-state index contributed by atoms with van der Waals surface area (Å²) >= 11 is 12.8. The number of hydrogen-bond acceptors (Lipinski definition) is 3. The number of halogens is 2. The van der Waals surface area contributed by atoms with Gasteiger partial charge in [-0.25, -0.2) is 0 Å². The molecule has 2 aliphatic rings. The molecule has 3 nitrogen and oxygen atoms in total. The molecule has 0 heterocycles. The van der Waals surface area contributed by atoms with Gasteiger partial charge in [0, 0.05) is 21.3 Å². The molecule has 0 bridgehead atoms. The van der Waals surface area contributed by atoms with Crippen molar-refractivity contribution in [3.63, 3.8) is 0 Å². The minimum Gasteiger partial charge on any atom is -0.399 e. The van der Waals surface area contributed by atoms with Crippen LogP contribution in [-0.4, -0.2) is 11.8 Å². The van der Waals surface area contributed by atoms with Crippen molar-refractivity contribution >= 4 is 40.2 Å². The highest BCUT2D eigenvalue weighted by atomic mass is 35.5. The number of nitrogens with two attached hydrogens (primary N) is 2. The Morgan fingerprint density at radius 2 is 1.47 bits per heavy atom. The number of aryl methyl sites for hydroxylation is 2. The maximum atomic E-state index is 13.7. The van der Waals surface area contributed by atoms with Crippen LogP contribution in [0.5, 0.6) is 0 Å². The monoisotopic (exact) mass is 460 g/mol. The molecule has 0 fully saturated rings. The Hall–Kier alpha value is -2.85. The van der Waals surface area contributed by atoms with Gasteiger partial charge in [0.15, 0.2) is 5.78 Å². The fourth-order valence-electron chi connectivity index (χ4n) is 5.05. The van der Waals surface area contributed by atoms with Crippen LogP contribution in [0.2, 0.25) is 10.0 Å². The first-order valence-corrected chi connectivity index (χ1v) is 11.2. The van der Waals surface area contributed by atoms with Crippen LogP contribution in [0.4, 0.5) is 5.69 Å². The van der Waals surface area contributed by atoms with Crippen molar-refractivity contribution < 1.29 is 4.79 Å². The molecule has 1 atom stereocenters. The average Bonchev–Trinajstić information content (AvgIpc) is 3.05. The number of benzene rings is 3. The number of nitrogen functional groups attached to an aromatic ring is 1. The molecule has 160 valence electrons. The number of hydrogen-bond donors (Lipinski definition) is 2. The maximum absolute atomic E-state index is 13.7. The van der Waals surface area contributed by atoms with Gasteiger partial charge >= 0.3 is 0 Å². The van der Waals surface area contributed by atoms with E-state index in [1.807, 2.05) is 74.5 Å². The predicted octanol–water partition coefficient (Wildman–Crippen LogP) is 5.76. The number of rotatable bonds is 2. The zero-order chi connectivity index (χ0) is 22.8. The average molecular weight is 461 g/mol. The van der Waals surface area contributed by atoms with Crippen LogP contribution in [0, 0.1) is 13.8 Å². The van der Waals surface area contributed by atoms with Gasteiger partial charge in [0.2, 0.25) is 0 Å². The summed E-state index contributed by atoms with van der Waals surface area (Å²) in [5.41, 5.74) is 19.5. The molecular formula is C27H22Cl2N2O. The molecule has 3 aromatic carbocycles. The molecule has 5 rings (SSSR count). The molecule has 0 saturated carbocycles. The second-order valence-electron chi connectivity index (χ2n) is 8.52. The number of carbonyl (C=O) groups excluding carboxylic acids is 1. The van der Waals surface area contributed by atoms with Gasteiger partial charge in [-0.2, -0.15) is 0 Å². The minimum absolute atomic E-state index is 0.0996. The molecule has 1 unspecified atom stereocenters. The SMILES string of the molecule is Cc1cc(C2(c3ccc(Cl)c(C)c3)C3=C(C=CC(N)C3=O)c3ccc(N)cc32)ccc1Cl. The van der Waals surface area contributed by atoms with E-state index in [-0.39, 0.29) is 5.78 Å². The molecule has 0 spiro atoms. The topological polar surface area (TPSA) is 69.1 Å². The van der Waals surface area contributed by atoms with Gasteiger partial charge in [0.05, 0.1) is 11.5 Å². The van der Waals surface area contributed by atoms with E-state index in [9.17, 15) is 4.79 Å². The molecule has 4 N–H and O–H groups in total. The molecule has 0 amide bonds. The highest BCUT2D eigenvalue weighted by Gasteiger charge is 2.51. The van der Waals surface area contributed by atoms with E-state index in [2.05, 4.69) is 0 Å². The summed E-state index contributed by atoms with van der Waals surface area (Å²) in [6.07, 6.45) is 3.72. The van der Waals surface area contributed by atoms with Crippen LogP contribution < -0.4 is 11.5 Å². The summed E-state index contributed by atoms with van der Waals surface area (Å²) in [5.74, 6) is -0.0996. The van der Waals surface area contributed by atoms with Crippen LogP contribution in [0.1, 0.15) is 33.4 Å². The zero-order valence-electron chi connectivity index (χ0n) is 17.7. The molecule has 0 radical (unpaired) electrons. The van der Waals surface area contributed by atoms with Crippen LogP contribution >= 0.6 is 23.2 Å². The minimum atomic E-state index is -0.885. The summed E-state index contributed by atoms with van der Waals surface area (Å²) in [7, 11) is 0. The lowest BCUT2D eigenvalue weighted by molar-refractivity contribution is -0.116. The Balaban J connectivity index is 1.99. The summed E-state index contributed by atoms with van der Waals surface area (Å²) in [5, 5.41) is 1.34. The van der Waals surface area contributed by atoms with Gasteiger partial charge < -0.3 is 11.5 Å². The number of fused-ring (bicyclic) bond motifs is 2. The summed E-state index contributed by atoms with van der Waals surface area (Å²) in [4.78, 5) is 13.7. The number of allylic oxidation sites excluding steroid dienone is 2. The van der Waals surface area contributed by atoms with Crippen molar-refractivity contribution in [2.24, 2.45) is 5.73 Å². The van der Waals surface area contributed by atoms with Crippen LogP contribution in [-0.2, 0) is 10.2 Å². The van der Waals surface area contributed by atoms with E-state index in [0.717, 1.165) is 39.0 Å². The second-order valence-corrected chi connectivity index (χ2v) is 9.34. The predicted molar refractivity (Wildman–Crippen MR) is 132 cm³/mol. The van der Waals surface area contributed by atoms with E-state index < -0.39 is 11.5 Å². The largest absolute Gasteiger partial charge is 0.399 e. The fourth-order valence-corrected chi connectivity index (χ4v) is 5.28. The quantitative estimate of drug-likeness (QED) is 0.477. The summed E-state index contributed by atoms with van der Waals surface area (Å²) < 4.78 is 0. The number of anilines is 1. The van der Waals surface area contributed by atoms with Crippen LogP contribution in [0.15, 0.2) is 72.3 Å². The lowest BCUT2D eigenvalue weighted by atomic mass is 9.64. The van der Waals surface area contributed by atoms with E-state index in [0.29, 0.717) is 21.3 Å². The van der Waals surface area contributed by atoms with Crippen molar-refractivity contribution in [2.75, 3.05) is 5.73 Å². The van der Waals surface area contributed by atoms with Gasteiger partial charge in [-0.1, -0.05) is 65.7 Å². The summed E-state index contributed by atoms with van der Waals surface area (Å²) in [6.45, 7) is 3.93. The van der Waals surface area contributed by atoms with Crippen molar-refractivity contribution in [1.29, 1.82) is 0 Å². The van der Waals surface area contributed by atoms with Gasteiger partial charge in [0.25, 0.3) is 0 Å². The Labute approximate surface area is 197 Å². The van der Waals surface area contributed by atoms with E-state index >= 15 is 0 Å². The third-order valence-electron chi connectivity index (χ3n) is 6.58. The lowest BCUT2D eigenvalue weighted by Crippen LogP contribution is -2.40. The van der Waals surface area contributed by atoms with Crippen LogP contribution in [0.3, 0.4) is 0 Å². The van der Waals surface area contributed by atoms with Crippen molar-refractivity contribution in [3.8, 4) is 0 Å². The Bertz CT molecular complexity index is 1320. The fraction of sp³-hybridized carbons (Fsp3) is 0.148. The highest BCUT2D eigenvalue weighted by molar-refractivity contribution is 6.31. The van der Waals surface area contributed by atoms with Crippen molar-refractivity contribution in [2.45, 2.75) is 25.3 Å². The zero-order valence-corrected chi connectivity index (χ0v) is 19.3. The molecule has 5 heteroatoms. The maximum Gasteiger partial charge on any atom is 0.181 e. The number of Topliss-reactive ketones (excluding diaryl/α,β-unsaturated/α-hetero) is 1. The molecular weight excluding hydrogens is 439 g/mol. The lowest BCUT2D eigenvalue weighted by Gasteiger charge is -2.37. The Kier molecular flexibility index (Phi) is 4.82. The Morgan fingerprint density at radius 3 is 2.03 bits per heavy atom. The van der Waals surface area contributed by atoms with Gasteiger partial charge in [-0.15, -0.1) is 0 Å². The smallest absolute Gasteiger partial charge is 0.181 e. The first kappa shape index (κ1) is 21.0. The summed E-state index contributed by atoms with van der Waals surface area (Å²) in [6, 6.07) is 16.9. The van der Waals surface area contributed by atoms with Gasteiger partial charge in [-0.05, 0) is 77.1 Å². The third-order valence-corrected chi connectivity index (χ3v) is 7.43. The van der Waals surface area contributed by atoms with Gasteiger partial charge in [-0.3, -0.25) is 4.79 Å². The third kappa shape index (κ3) is 2.82. The normalized spacial score (nSPS) is 18.7. The molecule has 2 aliphatic carbocycles. The Morgan fingerprint density at radius 1 is 0.875 bits per heavy atom. The second kappa shape index (κ2) is 7.35. The molecule has 0 aromatic heterocycles. The van der Waals surface area contributed by atoms with E-state index in [1.165, 1.54) is 0 Å². The van der Waals surface area contributed by atoms with E-state index in [1.54, 1.807) is 6.08 Å². The number of ketones is 1.